The number of hydrogen-bond acceptors (Lipinski definition) is 3. The van der Waals surface area contributed by atoms with Gasteiger partial charge in [-0.25, -0.2) is 4.98 Å². The summed E-state index contributed by atoms with van der Waals surface area (Å²) in [5, 5.41) is 4.93. The number of aromatic nitrogens is 1. The Labute approximate surface area is 123 Å². The molecule has 2 nitrogen and oxygen atoms in total. The molecule has 2 rings (SSSR count). The number of pyridine rings is 1. The maximum absolute atomic E-state index is 6.32. The zero-order valence-corrected chi connectivity index (χ0v) is 12.9. The molecule has 0 unspecified atom stereocenters. The van der Waals surface area contributed by atoms with Gasteiger partial charge in [0.1, 0.15) is 5.03 Å². The maximum Gasteiger partial charge on any atom is 0.101 e. The second kappa shape index (κ2) is 6.42. The van der Waals surface area contributed by atoms with Gasteiger partial charge in [-0.1, -0.05) is 35.5 Å². The minimum absolute atomic E-state index is 0.777. The zero-order chi connectivity index (χ0) is 13.8. The van der Waals surface area contributed by atoms with Crippen LogP contribution < -0.4 is 5.32 Å². The van der Waals surface area contributed by atoms with E-state index in [0.717, 1.165) is 27.2 Å². The molecule has 0 amide bonds. The molecule has 1 aromatic heterocycles. The fraction of sp³-hybridized carbons (Fsp3) is 0.267. The fourth-order valence-corrected chi connectivity index (χ4v) is 3.35. The van der Waals surface area contributed by atoms with Crippen LogP contribution in [0.5, 0.6) is 0 Å². The first kappa shape index (κ1) is 14.4. The van der Waals surface area contributed by atoms with Crippen LogP contribution in [0.4, 0.5) is 0 Å². The summed E-state index contributed by atoms with van der Waals surface area (Å²) in [6, 6.07) is 10.2. The Balaban J connectivity index is 2.36. The van der Waals surface area contributed by atoms with Crippen LogP contribution in [0.1, 0.15) is 16.8 Å². The third-order valence-corrected chi connectivity index (χ3v) is 4.23. The van der Waals surface area contributed by atoms with E-state index < -0.39 is 0 Å². The first-order chi connectivity index (χ1) is 9.10. The minimum Gasteiger partial charge on any atom is -0.316 e. The second-order valence-corrected chi connectivity index (χ2v) is 5.92. The Kier molecular flexibility index (Phi) is 4.86. The van der Waals surface area contributed by atoms with E-state index in [1.807, 2.05) is 26.1 Å². The molecule has 0 aliphatic carbocycles. The molecule has 0 aliphatic rings. The molecule has 0 spiro atoms. The maximum atomic E-state index is 6.32. The summed E-state index contributed by atoms with van der Waals surface area (Å²) in [6.45, 7) is 4.89. The number of hydrogen-bond donors (Lipinski definition) is 1. The molecule has 100 valence electrons. The van der Waals surface area contributed by atoms with Gasteiger partial charge in [-0.05, 0) is 50.2 Å². The van der Waals surface area contributed by atoms with Gasteiger partial charge in [0.05, 0.1) is 5.02 Å². The normalized spacial score (nSPS) is 10.7. The van der Waals surface area contributed by atoms with Crippen molar-refractivity contribution in [1.29, 1.82) is 0 Å². The minimum atomic E-state index is 0.777. The molecule has 0 atom stereocenters. The van der Waals surface area contributed by atoms with Gasteiger partial charge in [0.2, 0.25) is 0 Å². The van der Waals surface area contributed by atoms with E-state index in [0.29, 0.717) is 0 Å². The van der Waals surface area contributed by atoms with E-state index in [1.54, 1.807) is 11.8 Å². The molecule has 0 bridgehead atoms. The van der Waals surface area contributed by atoms with Crippen LogP contribution in [0.15, 0.2) is 40.3 Å². The second-order valence-electron chi connectivity index (χ2n) is 4.48. The molecular weight excluding hydrogens is 276 g/mol. The Morgan fingerprint density at radius 3 is 2.74 bits per heavy atom. The molecule has 0 saturated heterocycles. The first-order valence-corrected chi connectivity index (χ1v) is 7.34. The predicted octanol–water partition coefficient (Wildman–Crippen LogP) is 4.22. The number of nitrogens with zero attached hydrogens (tertiary/aromatic N) is 1. The summed E-state index contributed by atoms with van der Waals surface area (Å²) in [4.78, 5) is 5.64. The van der Waals surface area contributed by atoms with Crippen LogP contribution in [0.3, 0.4) is 0 Å². The number of aryl methyl sites for hydroxylation is 2. The summed E-state index contributed by atoms with van der Waals surface area (Å²) in [7, 11) is 1.93. The third-order valence-electron chi connectivity index (χ3n) is 2.70. The lowest BCUT2D eigenvalue weighted by molar-refractivity contribution is 0.803. The van der Waals surface area contributed by atoms with E-state index in [9.17, 15) is 0 Å². The van der Waals surface area contributed by atoms with E-state index in [4.69, 9.17) is 11.6 Å². The summed E-state index contributed by atoms with van der Waals surface area (Å²) in [6.07, 6.45) is 0. The van der Waals surface area contributed by atoms with Crippen molar-refractivity contribution in [2.24, 2.45) is 0 Å². The van der Waals surface area contributed by atoms with Crippen LogP contribution in [0, 0.1) is 13.8 Å². The van der Waals surface area contributed by atoms with Crippen LogP contribution in [-0.4, -0.2) is 12.0 Å². The molecule has 0 radical (unpaired) electrons. The lowest BCUT2D eigenvalue weighted by atomic mass is 10.2. The van der Waals surface area contributed by atoms with E-state index in [2.05, 4.69) is 35.4 Å². The number of benzene rings is 1. The van der Waals surface area contributed by atoms with Crippen LogP contribution in [0.25, 0.3) is 0 Å². The van der Waals surface area contributed by atoms with Gasteiger partial charge >= 0.3 is 0 Å². The molecule has 19 heavy (non-hydrogen) atoms. The van der Waals surface area contributed by atoms with Crippen LogP contribution in [-0.2, 0) is 6.54 Å². The van der Waals surface area contributed by atoms with Crippen molar-refractivity contribution in [3.8, 4) is 0 Å². The summed E-state index contributed by atoms with van der Waals surface area (Å²) in [5.41, 5.74) is 3.45. The SMILES string of the molecule is CNCc1cccc(Cl)c1Sc1cc(C)cc(C)n1. The van der Waals surface area contributed by atoms with Crippen molar-refractivity contribution < 1.29 is 0 Å². The molecule has 1 aromatic carbocycles. The van der Waals surface area contributed by atoms with Crippen molar-refractivity contribution in [3.63, 3.8) is 0 Å². The highest BCUT2D eigenvalue weighted by atomic mass is 35.5. The largest absolute Gasteiger partial charge is 0.316 e. The van der Waals surface area contributed by atoms with Crippen molar-refractivity contribution >= 4 is 23.4 Å². The standard InChI is InChI=1S/C15H17ClN2S/c1-10-7-11(2)18-14(8-10)19-15-12(9-17-3)5-4-6-13(15)16/h4-8,17H,9H2,1-3H3. The fourth-order valence-electron chi connectivity index (χ4n) is 1.96. The molecular formula is C15H17ClN2S. The smallest absolute Gasteiger partial charge is 0.101 e. The van der Waals surface area contributed by atoms with Gasteiger partial charge < -0.3 is 5.32 Å². The Morgan fingerprint density at radius 2 is 2.05 bits per heavy atom. The van der Waals surface area contributed by atoms with Gasteiger partial charge in [0.25, 0.3) is 0 Å². The first-order valence-electron chi connectivity index (χ1n) is 6.15. The Bertz CT molecular complexity index is 564. The highest BCUT2D eigenvalue weighted by Crippen LogP contribution is 2.35. The molecule has 1 heterocycles. The molecule has 0 aliphatic heterocycles. The van der Waals surface area contributed by atoms with Crippen molar-refractivity contribution in [2.45, 2.75) is 30.3 Å². The average molecular weight is 293 g/mol. The monoisotopic (exact) mass is 292 g/mol. The topological polar surface area (TPSA) is 24.9 Å². The molecule has 2 aromatic rings. The Hall–Kier alpha value is -1.03. The summed E-state index contributed by atoms with van der Waals surface area (Å²) < 4.78 is 0. The summed E-state index contributed by atoms with van der Waals surface area (Å²) in [5.74, 6) is 0. The van der Waals surface area contributed by atoms with Gasteiger partial charge in [-0.2, -0.15) is 0 Å². The van der Waals surface area contributed by atoms with E-state index in [1.165, 1.54) is 11.1 Å². The van der Waals surface area contributed by atoms with Gasteiger partial charge in [-0.3, -0.25) is 0 Å². The van der Waals surface area contributed by atoms with Crippen molar-refractivity contribution in [1.82, 2.24) is 10.3 Å². The number of nitrogens with one attached hydrogen (secondary N) is 1. The Morgan fingerprint density at radius 1 is 1.26 bits per heavy atom. The van der Waals surface area contributed by atoms with Crippen molar-refractivity contribution in [3.05, 3.63) is 52.2 Å². The lowest BCUT2D eigenvalue weighted by Gasteiger charge is -2.11. The molecule has 0 fully saturated rings. The van der Waals surface area contributed by atoms with Crippen LogP contribution >= 0.6 is 23.4 Å². The van der Waals surface area contributed by atoms with Crippen molar-refractivity contribution in [2.75, 3.05) is 7.05 Å². The molecule has 0 saturated carbocycles. The molecule has 1 N–H and O–H groups in total. The quantitative estimate of drug-likeness (QED) is 0.913. The van der Waals surface area contributed by atoms with Gasteiger partial charge in [0, 0.05) is 17.1 Å². The van der Waals surface area contributed by atoms with E-state index in [-0.39, 0.29) is 0 Å². The number of halogens is 1. The summed E-state index contributed by atoms with van der Waals surface area (Å²) >= 11 is 7.94. The van der Waals surface area contributed by atoms with Gasteiger partial charge in [-0.15, -0.1) is 0 Å². The van der Waals surface area contributed by atoms with Crippen LogP contribution in [0.2, 0.25) is 5.02 Å². The van der Waals surface area contributed by atoms with E-state index >= 15 is 0 Å². The highest BCUT2D eigenvalue weighted by Gasteiger charge is 2.09. The zero-order valence-electron chi connectivity index (χ0n) is 11.3. The molecule has 4 heteroatoms. The highest BCUT2D eigenvalue weighted by molar-refractivity contribution is 7.99. The lowest BCUT2D eigenvalue weighted by Crippen LogP contribution is -2.06. The number of rotatable bonds is 4. The average Bonchev–Trinajstić information content (AvgIpc) is 2.32. The van der Waals surface area contributed by atoms with Gasteiger partial charge in [0.15, 0.2) is 0 Å². The predicted molar refractivity (Wildman–Crippen MR) is 82.0 cm³/mol. The third kappa shape index (κ3) is 3.72.